The first-order valence-electron chi connectivity index (χ1n) is 9.45. The van der Waals surface area contributed by atoms with Gasteiger partial charge in [0.2, 0.25) is 0 Å². The minimum Gasteiger partial charge on any atom is -0.496 e. The molecule has 1 heterocycles. The summed E-state index contributed by atoms with van der Waals surface area (Å²) in [6, 6.07) is 4.08. The van der Waals surface area contributed by atoms with Gasteiger partial charge in [-0.3, -0.25) is 0 Å². The summed E-state index contributed by atoms with van der Waals surface area (Å²) in [6.07, 6.45) is 8.94. The molecule has 4 nitrogen and oxygen atoms in total. The highest BCUT2D eigenvalue weighted by Crippen LogP contribution is 2.44. The van der Waals surface area contributed by atoms with E-state index in [2.05, 4.69) is 39.8 Å². The number of carboxylic acids is 1. The summed E-state index contributed by atoms with van der Waals surface area (Å²) >= 11 is 0. The van der Waals surface area contributed by atoms with Crippen molar-refractivity contribution in [3.8, 4) is 11.5 Å². The molecule has 1 aliphatic heterocycles. The zero-order valence-electron chi connectivity index (χ0n) is 17.8. The Kier molecular flexibility index (Phi) is 6.55. The molecule has 0 fully saturated rings. The number of ether oxygens (including phenoxy) is 2. The number of aliphatic carboxylic acids is 1. The van der Waals surface area contributed by atoms with Gasteiger partial charge in [-0.05, 0) is 62.5 Å². The van der Waals surface area contributed by atoms with Crippen LogP contribution < -0.4 is 9.47 Å². The maximum Gasteiger partial charge on any atom is 0.328 e. The molecule has 1 aromatic rings. The molecule has 0 unspecified atom stereocenters. The lowest BCUT2D eigenvalue weighted by molar-refractivity contribution is -0.131. The number of allylic oxidation sites excluding steroid dienone is 6. The van der Waals surface area contributed by atoms with Gasteiger partial charge < -0.3 is 14.6 Å². The summed E-state index contributed by atoms with van der Waals surface area (Å²) in [5.74, 6) is 1.01. The predicted octanol–water partition coefficient (Wildman–Crippen LogP) is 5.90. The van der Waals surface area contributed by atoms with Crippen molar-refractivity contribution >= 4 is 17.1 Å². The van der Waals surface area contributed by atoms with E-state index in [1.165, 1.54) is 11.6 Å². The van der Waals surface area contributed by atoms with E-state index >= 15 is 0 Å². The van der Waals surface area contributed by atoms with Crippen LogP contribution in [0.5, 0.6) is 11.5 Å². The molecule has 0 aliphatic carbocycles. The largest absolute Gasteiger partial charge is 0.496 e. The molecule has 150 valence electrons. The van der Waals surface area contributed by atoms with E-state index in [0.29, 0.717) is 11.5 Å². The second kappa shape index (κ2) is 8.51. The van der Waals surface area contributed by atoms with Gasteiger partial charge >= 0.3 is 5.97 Å². The van der Waals surface area contributed by atoms with E-state index in [4.69, 9.17) is 14.6 Å². The molecule has 1 aromatic carbocycles. The van der Waals surface area contributed by atoms with Gasteiger partial charge in [0.25, 0.3) is 0 Å². The van der Waals surface area contributed by atoms with Crippen LogP contribution in [0.4, 0.5) is 0 Å². The third-order valence-electron chi connectivity index (χ3n) is 4.59. The molecular formula is C24H30O4. The van der Waals surface area contributed by atoms with Crippen molar-refractivity contribution < 1.29 is 19.4 Å². The number of methoxy groups -OCH3 is 1. The van der Waals surface area contributed by atoms with Gasteiger partial charge in [0.1, 0.15) is 17.1 Å². The summed E-state index contributed by atoms with van der Waals surface area (Å²) in [6.45, 7) is 12.3. The molecule has 0 atom stereocenters. The summed E-state index contributed by atoms with van der Waals surface area (Å²) in [4.78, 5) is 10.7. The fourth-order valence-electron chi connectivity index (χ4n) is 3.27. The number of hydrogen-bond donors (Lipinski definition) is 1. The van der Waals surface area contributed by atoms with Gasteiger partial charge in [-0.2, -0.15) is 0 Å². The highest BCUT2D eigenvalue weighted by molar-refractivity contribution is 5.82. The zero-order valence-corrected chi connectivity index (χ0v) is 17.8. The third-order valence-corrected chi connectivity index (χ3v) is 4.59. The van der Waals surface area contributed by atoms with E-state index in [9.17, 15) is 4.79 Å². The van der Waals surface area contributed by atoms with Crippen molar-refractivity contribution in [1.82, 2.24) is 0 Å². The number of fused-ring (bicyclic) bond motifs is 1. The van der Waals surface area contributed by atoms with Crippen molar-refractivity contribution in [1.29, 1.82) is 0 Å². The van der Waals surface area contributed by atoms with Crippen LogP contribution in [0, 0.1) is 5.92 Å². The summed E-state index contributed by atoms with van der Waals surface area (Å²) in [5.41, 5.74) is 4.67. The second-order valence-electron chi connectivity index (χ2n) is 7.94. The molecular weight excluding hydrogens is 352 g/mol. The van der Waals surface area contributed by atoms with Gasteiger partial charge in [-0.25, -0.2) is 4.79 Å². The minimum atomic E-state index is -0.949. The Balaban J connectivity index is 2.49. The molecule has 0 saturated heterocycles. The monoisotopic (exact) mass is 382 g/mol. The Morgan fingerprint density at radius 2 is 1.93 bits per heavy atom. The highest BCUT2D eigenvalue weighted by Gasteiger charge is 2.29. The molecule has 4 heteroatoms. The topological polar surface area (TPSA) is 55.8 Å². The van der Waals surface area contributed by atoms with Crippen LogP contribution in [-0.4, -0.2) is 23.8 Å². The molecule has 0 spiro atoms. The van der Waals surface area contributed by atoms with Gasteiger partial charge in [-0.15, -0.1) is 0 Å². The summed E-state index contributed by atoms with van der Waals surface area (Å²) in [7, 11) is 1.65. The number of carboxylic acid groups (broad SMARTS) is 1. The van der Waals surface area contributed by atoms with Gasteiger partial charge in [0.05, 0.1) is 7.11 Å². The lowest BCUT2D eigenvalue weighted by Gasteiger charge is -2.33. The Bertz CT molecular complexity index is 880. The summed E-state index contributed by atoms with van der Waals surface area (Å²) < 4.78 is 11.8. The van der Waals surface area contributed by atoms with E-state index in [1.54, 1.807) is 20.1 Å². The van der Waals surface area contributed by atoms with Crippen LogP contribution in [0.15, 0.2) is 48.1 Å². The third kappa shape index (κ3) is 5.16. The number of rotatable bonds is 6. The van der Waals surface area contributed by atoms with Crippen LogP contribution >= 0.6 is 0 Å². The lowest BCUT2D eigenvalue weighted by Crippen LogP contribution is -2.29. The van der Waals surface area contributed by atoms with Gasteiger partial charge in [0, 0.05) is 23.3 Å². The normalized spacial score (nSPS) is 16.6. The van der Waals surface area contributed by atoms with Crippen molar-refractivity contribution in [3.63, 3.8) is 0 Å². The Labute approximate surface area is 167 Å². The van der Waals surface area contributed by atoms with Crippen LogP contribution in [0.25, 0.3) is 11.1 Å². The van der Waals surface area contributed by atoms with Gasteiger partial charge in [0.15, 0.2) is 0 Å². The maximum atomic E-state index is 10.7. The lowest BCUT2D eigenvalue weighted by atomic mass is 9.86. The minimum absolute atomic E-state index is 0.360. The van der Waals surface area contributed by atoms with Crippen LogP contribution in [-0.2, 0) is 4.79 Å². The molecule has 2 rings (SSSR count). The van der Waals surface area contributed by atoms with Crippen LogP contribution in [0.3, 0.4) is 0 Å². The van der Waals surface area contributed by atoms with E-state index in [-0.39, 0.29) is 5.60 Å². The summed E-state index contributed by atoms with van der Waals surface area (Å²) in [5, 5.41) is 8.80. The van der Waals surface area contributed by atoms with Crippen LogP contribution in [0.2, 0.25) is 0 Å². The number of benzene rings is 1. The first-order chi connectivity index (χ1) is 13.0. The highest BCUT2D eigenvalue weighted by atomic mass is 16.5. The SMILES string of the molecule is COc1cc2c(cc1\C(C)=C/C=C/C(C)=C/C(=O)O)C(C(C)C)=CC(C)(C)O2. The standard InChI is InChI=1S/C24H30O4/c1-15(2)20-14-24(5,6)28-22-13-21(27-7)18(12-19(20)22)17(4)10-8-9-16(3)11-23(25)26/h8-15H,1-7H3,(H,25,26)/b9-8+,16-11+,17-10-. The molecule has 0 aromatic heterocycles. The Hall–Kier alpha value is -2.75. The molecule has 0 saturated carbocycles. The second-order valence-corrected chi connectivity index (χ2v) is 7.94. The zero-order chi connectivity index (χ0) is 21.1. The first kappa shape index (κ1) is 21.5. The fraction of sp³-hybridized carbons (Fsp3) is 0.375. The van der Waals surface area contributed by atoms with Crippen molar-refractivity contribution in [2.24, 2.45) is 5.92 Å². The molecule has 0 bridgehead atoms. The smallest absolute Gasteiger partial charge is 0.328 e. The quantitative estimate of drug-likeness (QED) is 0.492. The molecule has 1 aliphatic rings. The Morgan fingerprint density at radius 3 is 2.50 bits per heavy atom. The first-order valence-corrected chi connectivity index (χ1v) is 9.45. The molecule has 0 amide bonds. The van der Waals surface area contributed by atoms with E-state index in [1.807, 2.05) is 25.1 Å². The Morgan fingerprint density at radius 1 is 1.25 bits per heavy atom. The average Bonchev–Trinajstić information content (AvgIpc) is 2.58. The van der Waals surface area contributed by atoms with Gasteiger partial charge in [-0.1, -0.05) is 32.1 Å². The van der Waals surface area contributed by atoms with Crippen LogP contribution in [0.1, 0.15) is 52.7 Å². The number of carbonyl (C=O) groups is 1. The van der Waals surface area contributed by atoms with E-state index in [0.717, 1.165) is 28.2 Å². The van der Waals surface area contributed by atoms with E-state index < -0.39 is 5.97 Å². The molecule has 28 heavy (non-hydrogen) atoms. The van der Waals surface area contributed by atoms with Crippen molar-refractivity contribution in [3.05, 3.63) is 59.2 Å². The maximum absolute atomic E-state index is 10.7. The van der Waals surface area contributed by atoms with Crippen molar-refractivity contribution in [2.45, 2.75) is 47.1 Å². The number of hydrogen-bond acceptors (Lipinski definition) is 3. The fourth-order valence-corrected chi connectivity index (χ4v) is 3.27. The predicted molar refractivity (Wildman–Crippen MR) is 115 cm³/mol. The molecule has 0 radical (unpaired) electrons. The molecule has 1 N–H and O–H groups in total. The average molecular weight is 383 g/mol. The van der Waals surface area contributed by atoms with Crippen molar-refractivity contribution in [2.75, 3.05) is 7.11 Å².